The van der Waals surface area contributed by atoms with Crippen molar-refractivity contribution >= 4 is 34.2 Å². The van der Waals surface area contributed by atoms with Gasteiger partial charge in [0.05, 0.1) is 36.2 Å². The van der Waals surface area contributed by atoms with Crippen LogP contribution in [0, 0.1) is 23.7 Å². The Morgan fingerprint density at radius 1 is 1.28 bits per heavy atom. The Balaban J connectivity index is 1.66. The highest BCUT2D eigenvalue weighted by Gasteiger charge is 2.52. The number of carboxylic acids is 1. The Morgan fingerprint density at radius 2 is 1.97 bits per heavy atom. The van der Waals surface area contributed by atoms with E-state index < -0.39 is 29.4 Å². The first-order valence-corrected chi connectivity index (χ1v) is 10.7. The molecule has 1 fully saturated rings. The maximum absolute atomic E-state index is 13.1. The Bertz CT molecular complexity index is 901. The topological polar surface area (TPSA) is 102 Å². The third kappa shape index (κ3) is 3.48. The Labute approximate surface area is 173 Å². The summed E-state index contributed by atoms with van der Waals surface area (Å²) in [5.41, 5.74) is 0.810. The van der Waals surface area contributed by atoms with E-state index in [4.69, 9.17) is 9.47 Å². The van der Waals surface area contributed by atoms with Crippen LogP contribution in [0.1, 0.15) is 48.0 Å². The summed E-state index contributed by atoms with van der Waals surface area (Å²) in [6.07, 6.45) is 5.07. The van der Waals surface area contributed by atoms with Gasteiger partial charge in [0.1, 0.15) is 5.00 Å². The number of amides is 1. The standard InChI is InChI=1S/C21H25NO6S/c1-4-27-20(26)16-12-8-21(2,3)28-9-13(12)29-18(16)22-17(23)14-10-5-6-11(7-10)15(14)19(24)25/h5-6,10-11,14-15H,4,7-9H2,1-3H3,(H,22,23)(H,24,25)/t10-,11-,14+,15+/m0/s1. The fraction of sp³-hybridized carbons (Fsp3) is 0.571. The molecule has 2 N–H and O–H groups in total. The minimum atomic E-state index is -0.951. The van der Waals surface area contributed by atoms with E-state index in [1.165, 1.54) is 11.3 Å². The molecule has 2 aliphatic carbocycles. The van der Waals surface area contributed by atoms with Crippen molar-refractivity contribution in [2.24, 2.45) is 23.7 Å². The molecule has 1 amide bonds. The number of rotatable bonds is 5. The summed E-state index contributed by atoms with van der Waals surface area (Å²) in [6, 6.07) is 0. The average molecular weight is 419 g/mol. The maximum Gasteiger partial charge on any atom is 0.341 e. The van der Waals surface area contributed by atoms with Gasteiger partial charge in [-0.15, -0.1) is 11.3 Å². The summed E-state index contributed by atoms with van der Waals surface area (Å²) in [5.74, 6) is -3.32. The predicted molar refractivity (Wildman–Crippen MR) is 107 cm³/mol. The molecule has 29 heavy (non-hydrogen) atoms. The molecule has 1 saturated carbocycles. The summed E-state index contributed by atoms with van der Waals surface area (Å²) in [5, 5.41) is 12.9. The molecule has 2 bridgehead atoms. The molecule has 0 aromatic carbocycles. The third-order valence-electron chi connectivity index (χ3n) is 6.05. The fourth-order valence-corrected chi connectivity index (χ4v) is 5.89. The van der Waals surface area contributed by atoms with Gasteiger partial charge in [0, 0.05) is 11.3 Å². The molecule has 2 heterocycles. The van der Waals surface area contributed by atoms with Crippen LogP contribution in [0.3, 0.4) is 0 Å². The Morgan fingerprint density at radius 3 is 2.62 bits per heavy atom. The number of ether oxygens (including phenoxy) is 2. The van der Waals surface area contributed by atoms with Gasteiger partial charge >= 0.3 is 11.9 Å². The van der Waals surface area contributed by atoms with Crippen molar-refractivity contribution in [1.82, 2.24) is 0 Å². The molecule has 4 atom stereocenters. The first-order chi connectivity index (χ1) is 13.7. The molecule has 8 heteroatoms. The van der Waals surface area contributed by atoms with Gasteiger partial charge in [0.2, 0.25) is 5.91 Å². The van der Waals surface area contributed by atoms with Crippen LogP contribution >= 0.6 is 11.3 Å². The molecular weight excluding hydrogens is 394 g/mol. The van der Waals surface area contributed by atoms with E-state index >= 15 is 0 Å². The van der Waals surface area contributed by atoms with Crippen molar-refractivity contribution < 1.29 is 29.0 Å². The lowest BCUT2D eigenvalue weighted by Gasteiger charge is -2.30. The van der Waals surface area contributed by atoms with Crippen LogP contribution in [0.2, 0.25) is 0 Å². The molecule has 1 aliphatic heterocycles. The summed E-state index contributed by atoms with van der Waals surface area (Å²) >= 11 is 1.31. The zero-order chi connectivity index (χ0) is 20.9. The highest BCUT2D eigenvalue weighted by atomic mass is 32.1. The average Bonchev–Trinajstić information content (AvgIpc) is 3.33. The van der Waals surface area contributed by atoms with Crippen LogP contribution in [0.25, 0.3) is 0 Å². The number of allylic oxidation sites excluding steroid dienone is 2. The second-order valence-corrected chi connectivity index (χ2v) is 9.59. The van der Waals surface area contributed by atoms with E-state index in [1.807, 2.05) is 26.0 Å². The van der Waals surface area contributed by atoms with Crippen molar-refractivity contribution in [3.05, 3.63) is 28.2 Å². The molecule has 4 rings (SSSR count). The second-order valence-electron chi connectivity index (χ2n) is 8.48. The van der Waals surface area contributed by atoms with Crippen molar-refractivity contribution in [3.63, 3.8) is 0 Å². The number of carboxylic acid groups (broad SMARTS) is 1. The van der Waals surface area contributed by atoms with Crippen LogP contribution in [-0.2, 0) is 32.1 Å². The van der Waals surface area contributed by atoms with Crippen molar-refractivity contribution in [2.75, 3.05) is 11.9 Å². The number of esters is 1. The monoisotopic (exact) mass is 419 g/mol. The predicted octanol–water partition coefficient (Wildman–Crippen LogP) is 3.24. The van der Waals surface area contributed by atoms with Crippen molar-refractivity contribution in [3.8, 4) is 0 Å². The molecule has 0 radical (unpaired) electrons. The molecule has 0 unspecified atom stereocenters. The lowest BCUT2D eigenvalue weighted by Crippen LogP contribution is -2.36. The fourth-order valence-electron chi connectivity index (χ4n) is 4.77. The smallest absolute Gasteiger partial charge is 0.341 e. The van der Waals surface area contributed by atoms with Gasteiger partial charge in [-0.25, -0.2) is 4.79 Å². The van der Waals surface area contributed by atoms with E-state index in [0.717, 1.165) is 10.4 Å². The van der Waals surface area contributed by atoms with Gasteiger partial charge in [-0.05, 0) is 44.6 Å². The number of carbonyl (C=O) groups is 3. The quantitative estimate of drug-likeness (QED) is 0.561. The van der Waals surface area contributed by atoms with Crippen molar-refractivity contribution in [2.45, 2.75) is 45.8 Å². The normalized spacial score (nSPS) is 28.8. The number of fused-ring (bicyclic) bond motifs is 3. The molecule has 0 spiro atoms. The Hall–Kier alpha value is -2.19. The maximum atomic E-state index is 13.1. The number of carbonyl (C=O) groups excluding carboxylic acids is 2. The van der Waals surface area contributed by atoms with Crippen LogP contribution in [0.5, 0.6) is 0 Å². The van der Waals surface area contributed by atoms with E-state index in [2.05, 4.69) is 5.32 Å². The number of hydrogen-bond donors (Lipinski definition) is 2. The van der Waals surface area contributed by atoms with Gasteiger partial charge in [-0.3, -0.25) is 9.59 Å². The Kier molecular flexibility index (Phi) is 5.02. The first-order valence-electron chi connectivity index (χ1n) is 9.89. The zero-order valence-electron chi connectivity index (χ0n) is 16.7. The molecule has 156 valence electrons. The zero-order valence-corrected chi connectivity index (χ0v) is 17.5. The first kappa shape index (κ1) is 20.1. The summed E-state index contributed by atoms with van der Waals surface area (Å²) in [4.78, 5) is 38.4. The van der Waals surface area contributed by atoms with Gasteiger partial charge in [0.15, 0.2) is 0 Å². The number of aliphatic carboxylic acids is 1. The highest BCUT2D eigenvalue weighted by Crippen LogP contribution is 2.49. The number of nitrogens with one attached hydrogen (secondary N) is 1. The summed E-state index contributed by atoms with van der Waals surface area (Å²) < 4.78 is 11.1. The molecule has 1 aromatic rings. The largest absolute Gasteiger partial charge is 0.481 e. The molecule has 0 saturated heterocycles. The van der Waals surface area contributed by atoms with Gasteiger partial charge in [0.25, 0.3) is 0 Å². The number of hydrogen-bond acceptors (Lipinski definition) is 6. The minimum Gasteiger partial charge on any atom is -0.481 e. The minimum absolute atomic E-state index is 0.0796. The second kappa shape index (κ2) is 7.25. The molecule has 7 nitrogen and oxygen atoms in total. The van der Waals surface area contributed by atoms with Crippen LogP contribution < -0.4 is 5.32 Å². The molecule has 3 aliphatic rings. The summed E-state index contributed by atoms with van der Waals surface area (Å²) in [6.45, 7) is 6.25. The SMILES string of the molecule is CCOC(=O)c1c(NC(=O)[C@H]2[C@H](C(=O)O)[C@H]3C=C[C@H]2C3)sc2c1CC(C)(C)OC2. The number of anilines is 1. The van der Waals surface area contributed by atoms with Crippen molar-refractivity contribution in [1.29, 1.82) is 0 Å². The molecular formula is C21H25NO6S. The van der Waals surface area contributed by atoms with Crippen LogP contribution in [-0.4, -0.2) is 35.2 Å². The lowest BCUT2D eigenvalue weighted by molar-refractivity contribution is -0.146. The summed E-state index contributed by atoms with van der Waals surface area (Å²) in [7, 11) is 0. The van der Waals surface area contributed by atoms with E-state index in [-0.39, 0.29) is 24.3 Å². The van der Waals surface area contributed by atoms with Gasteiger partial charge in [-0.2, -0.15) is 0 Å². The lowest BCUT2D eigenvalue weighted by atomic mass is 9.82. The highest BCUT2D eigenvalue weighted by molar-refractivity contribution is 7.17. The van der Waals surface area contributed by atoms with E-state index in [9.17, 15) is 19.5 Å². The van der Waals surface area contributed by atoms with Gasteiger partial charge in [-0.1, -0.05) is 12.2 Å². The van der Waals surface area contributed by atoms with E-state index in [0.29, 0.717) is 30.0 Å². The van der Waals surface area contributed by atoms with Crippen LogP contribution in [0.4, 0.5) is 5.00 Å². The van der Waals surface area contributed by atoms with Crippen LogP contribution in [0.15, 0.2) is 12.2 Å². The third-order valence-corrected chi connectivity index (χ3v) is 7.17. The number of thiophene rings is 1. The molecule has 1 aromatic heterocycles. The van der Waals surface area contributed by atoms with Gasteiger partial charge < -0.3 is 19.9 Å². The van der Waals surface area contributed by atoms with E-state index in [1.54, 1.807) is 6.92 Å².